The zero-order chi connectivity index (χ0) is 14.5. The van der Waals surface area contributed by atoms with Gasteiger partial charge in [-0.05, 0) is 43.9 Å². The van der Waals surface area contributed by atoms with Crippen LogP contribution in [-0.4, -0.2) is 38.2 Å². The van der Waals surface area contributed by atoms with Crippen molar-refractivity contribution in [1.82, 2.24) is 19.7 Å². The monoisotopic (exact) mass is 284 g/mol. The normalized spacial score (nSPS) is 18.7. The van der Waals surface area contributed by atoms with Crippen molar-refractivity contribution in [2.75, 3.05) is 6.54 Å². The number of carbonyl (C=O) groups is 1. The van der Waals surface area contributed by atoms with Gasteiger partial charge in [0.15, 0.2) is 0 Å². The third kappa shape index (κ3) is 3.29. The highest BCUT2D eigenvalue weighted by Crippen LogP contribution is 2.22. The van der Waals surface area contributed by atoms with E-state index >= 15 is 0 Å². The fourth-order valence-corrected chi connectivity index (χ4v) is 2.94. The van der Waals surface area contributed by atoms with Crippen LogP contribution in [0.1, 0.15) is 36.0 Å². The first-order valence-electron chi connectivity index (χ1n) is 7.53. The van der Waals surface area contributed by atoms with E-state index < -0.39 is 0 Å². The number of aromatic nitrogens is 3. The first-order valence-corrected chi connectivity index (χ1v) is 7.53. The summed E-state index contributed by atoms with van der Waals surface area (Å²) in [5, 5.41) is 4.23. The maximum absolute atomic E-state index is 12.6. The van der Waals surface area contributed by atoms with E-state index in [9.17, 15) is 4.79 Å². The highest BCUT2D eigenvalue weighted by Gasteiger charge is 2.27. The third-order valence-corrected chi connectivity index (χ3v) is 4.07. The number of piperidine rings is 1. The molecule has 2 aromatic heterocycles. The van der Waals surface area contributed by atoms with E-state index in [2.05, 4.69) is 10.1 Å². The van der Waals surface area contributed by atoms with E-state index in [4.69, 9.17) is 0 Å². The Labute approximate surface area is 124 Å². The second-order valence-electron chi connectivity index (χ2n) is 5.44. The van der Waals surface area contributed by atoms with Crippen LogP contribution in [0.3, 0.4) is 0 Å². The Morgan fingerprint density at radius 1 is 1.24 bits per heavy atom. The van der Waals surface area contributed by atoms with Gasteiger partial charge in [-0.25, -0.2) is 0 Å². The van der Waals surface area contributed by atoms with Gasteiger partial charge in [-0.3, -0.25) is 14.5 Å². The van der Waals surface area contributed by atoms with Crippen molar-refractivity contribution in [3.05, 3.63) is 48.5 Å². The first-order chi connectivity index (χ1) is 10.3. The van der Waals surface area contributed by atoms with Gasteiger partial charge >= 0.3 is 0 Å². The molecule has 0 aromatic carbocycles. The van der Waals surface area contributed by atoms with Gasteiger partial charge in [0.1, 0.15) is 0 Å². The maximum atomic E-state index is 12.6. The molecule has 3 heterocycles. The van der Waals surface area contributed by atoms with Crippen LogP contribution in [0.2, 0.25) is 0 Å². The molecule has 1 atom stereocenters. The molecule has 5 heteroatoms. The van der Waals surface area contributed by atoms with Crippen molar-refractivity contribution in [3.63, 3.8) is 0 Å². The molecule has 110 valence electrons. The largest absolute Gasteiger partial charge is 0.336 e. The number of hydrogen-bond acceptors (Lipinski definition) is 3. The number of likely N-dealkylation sites (tertiary alicyclic amines) is 1. The average molecular weight is 284 g/mol. The molecule has 0 saturated carbocycles. The molecular formula is C16H20N4O. The molecule has 5 nitrogen and oxygen atoms in total. The summed E-state index contributed by atoms with van der Waals surface area (Å²) in [6.45, 7) is 1.71. The van der Waals surface area contributed by atoms with Crippen molar-refractivity contribution in [2.24, 2.45) is 0 Å². The molecule has 0 spiro atoms. The highest BCUT2D eigenvalue weighted by molar-refractivity contribution is 5.94. The van der Waals surface area contributed by atoms with E-state index in [0.29, 0.717) is 6.04 Å². The number of nitrogens with zero attached hydrogens (tertiary/aromatic N) is 4. The molecule has 1 aliphatic rings. The van der Waals surface area contributed by atoms with Crippen LogP contribution in [0, 0.1) is 0 Å². The maximum Gasteiger partial charge on any atom is 0.254 e. The minimum Gasteiger partial charge on any atom is -0.336 e. The highest BCUT2D eigenvalue weighted by atomic mass is 16.2. The predicted octanol–water partition coefficient (Wildman–Crippen LogP) is 2.36. The Bertz CT molecular complexity index is 567. The van der Waals surface area contributed by atoms with Gasteiger partial charge in [0.2, 0.25) is 0 Å². The van der Waals surface area contributed by atoms with Crippen LogP contribution in [0.4, 0.5) is 0 Å². The SMILES string of the molecule is O=C(c1ccncc1)N1CCCC[C@H]1CCn1cccn1. The van der Waals surface area contributed by atoms with Gasteiger partial charge in [0, 0.05) is 49.5 Å². The second kappa shape index (κ2) is 6.52. The van der Waals surface area contributed by atoms with Crippen molar-refractivity contribution < 1.29 is 4.79 Å². The fourth-order valence-electron chi connectivity index (χ4n) is 2.94. The quantitative estimate of drug-likeness (QED) is 0.866. The van der Waals surface area contributed by atoms with Gasteiger partial charge in [0.05, 0.1) is 0 Å². The first kappa shape index (κ1) is 13.8. The van der Waals surface area contributed by atoms with Crippen LogP contribution < -0.4 is 0 Å². The molecule has 0 aliphatic carbocycles. The molecule has 1 fully saturated rings. The zero-order valence-electron chi connectivity index (χ0n) is 12.1. The van der Waals surface area contributed by atoms with Gasteiger partial charge in [0.25, 0.3) is 5.91 Å². The summed E-state index contributed by atoms with van der Waals surface area (Å²) in [5.74, 6) is 0.127. The lowest BCUT2D eigenvalue weighted by Gasteiger charge is -2.36. The molecule has 21 heavy (non-hydrogen) atoms. The van der Waals surface area contributed by atoms with Gasteiger partial charge in [-0.1, -0.05) is 0 Å². The van der Waals surface area contributed by atoms with Crippen LogP contribution in [0.15, 0.2) is 43.0 Å². The van der Waals surface area contributed by atoms with Crippen molar-refractivity contribution in [3.8, 4) is 0 Å². The number of amides is 1. The average Bonchev–Trinajstić information content (AvgIpc) is 3.07. The van der Waals surface area contributed by atoms with E-state index in [1.165, 1.54) is 6.42 Å². The Hall–Kier alpha value is -2.17. The predicted molar refractivity (Wildman–Crippen MR) is 79.8 cm³/mol. The molecule has 1 saturated heterocycles. The molecule has 1 amide bonds. The van der Waals surface area contributed by atoms with E-state index in [1.54, 1.807) is 30.7 Å². The molecule has 0 unspecified atom stereocenters. The van der Waals surface area contributed by atoms with Crippen LogP contribution in [-0.2, 0) is 6.54 Å². The van der Waals surface area contributed by atoms with Gasteiger partial charge in [-0.2, -0.15) is 5.10 Å². The summed E-state index contributed by atoms with van der Waals surface area (Å²) in [7, 11) is 0. The fraction of sp³-hybridized carbons (Fsp3) is 0.438. The lowest BCUT2D eigenvalue weighted by atomic mass is 9.98. The van der Waals surface area contributed by atoms with Crippen molar-refractivity contribution in [2.45, 2.75) is 38.3 Å². The van der Waals surface area contributed by atoms with E-state index in [1.807, 2.05) is 21.8 Å². The number of aryl methyl sites for hydroxylation is 1. The number of hydrogen-bond donors (Lipinski definition) is 0. The Kier molecular flexibility index (Phi) is 4.28. The Morgan fingerprint density at radius 2 is 2.10 bits per heavy atom. The van der Waals surface area contributed by atoms with Crippen molar-refractivity contribution in [1.29, 1.82) is 0 Å². The van der Waals surface area contributed by atoms with Gasteiger partial charge < -0.3 is 4.90 Å². The molecule has 2 aromatic rings. The summed E-state index contributed by atoms with van der Waals surface area (Å²) in [5.41, 5.74) is 0.732. The lowest BCUT2D eigenvalue weighted by molar-refractivity contribution is 0.0594. The van der Waals surface area contributed by atoms with Crippen molar-refractivity contribution >= 4 is 5.91 Å². The number of pyridine rings is 1. The Morgan fingerprint density at radius 3 is 2.86 bits per heavy atom. The molecular weight excluding hydrogens is 264 g/mol. The van der Waals surface area contributed by atoms with Crippen LogP contribution in [0.25, 0.3) is 0 Å². The molecule has 0 radical (unpaired) electrons. The summed E-state index contributed by atoms with van der Waals surface area (Å²) < 4.78 is 1.93. The Balaban J connectivity index is 1.67. The summed E-state index contributed by atoms with van der Waals surface area (Å²) in [6.07, 6.45) is 11.4. The minimum absolute atomic E-state index is 0.127. The lowest BCUT2D eigenvalue weighted by Crippen LogP contribution is -2.44. The third-order valence-electron chi connectivity index (χ3n) is 4.07. The number of carbonyl (C=O) groups excluding carboxylic acids is 1. The van der Waals surface area contributed by atoms with Gasteiger partial charge in [-0.15, -0.1) is 0 Å². The van der Waals surface area contributed by atoms with E-state index in [0.717, 1.165) is 37.9 Å². The van der Waals surface area contributed by atoms with Crippen LogP contribution in [0.5, 0.6) is 0 Å². The summed E-state index contributed by atoms with van der Waals surface area (Å²) in [6, 6.07) is 5.83. The standard InChI is InChI=1S/C16H20N4O/c21-16(14-5-9-17-10-6-14)20-12-2-1-4-15(20)7-13-19-11-3-8-18-19/h3,5-6,8-11,15H,1-2,4,7,12-13H2/t15-/m0/s1. The topological polar surface area (TPSA) is 51.0 Å². The molecule has 0 N–H and O–H groups in total. The minimum atomic E-state index is 0.127. The molecule has 0 bridgehead atoms. The molecule has 1 aliphatic heterocycles. The number of rotatable bonds is 4. The zero-order valence-corrected chi connectivity index (χ0v) is 12.1. The smallest absolute Gasteiger partial charge is 0.254 e. The van der Waals surface area contributed by atoms with E-state index in [-0.39, 0.29) is 5.91 Å². The molecule has 3 rings (SSSR count). The summed E-state index contributed by atoms with van der Waals surface area (Å²) in [4.78, 5) is 18.7. The van der Waals surface area contributed by atoms with Crippen LogP contribution >= 0.6 is 0 Å². The summed E-state index contributed by atoms with van der Waals surface area (Å²) >= 11 is 0. The second-order valence-corrected chi connectivity index (χ2v) is 5.44.